The summed E-state index contributed by atoms with van der Waals surface area (Å²) in [6, 6.07) is 13.8. The molecule has 0 aliphatic rings. The molecule has 0 spiro atoms. The number of rotatable bonds is 26. The molecule has 0 bridgehead atoms. The number of hydrogen-bond donors (Lipinski definition) is 10. The summed E-state index contributed by atoms with van der Waals surface area (Å²) in [4.78, 5) is 27.5. The van der Waals surface area contributed by atoms with Crippen molar-refractivity contribution in [2.45, 2.75) is 57.1 Å². The van der Waals surface area contributed by atoms with Crippen LogP contribution in [0.1, 0.15) is 38.8 Å². The van der Waals surface area contributed by atoms with E-state index in [1.807, 2.05) is 27.7 Å². The Hall–Kier alpha value is -6.46. The highest BCUT2D eigenvalue weighted by molar-refractivity contribution is 7.95. The lowest BCUT2D eigenvalue weighted by Crippen LogP contribution is -2.25. The molecule has 408 valence electrons. The van der Waals surface area contributed by atoms with Gasteiger partial charge in [0, 0.05) is 37.6 Å². The van der Waals surface area contributed by atoms with Crippen molar-refractivity contribution < 1.29 is 81.1 Å². The summed E-state index contributed by atoms with van der Waals surface area (Å²) >= 11 is 0.900. The summed E-state index contributed by atoms with van der Waals surface area (Å²) in [6.07, 6.45) is 2.30. The molecule has 6 aromatic rings. The molecule has 6 rings (SSSR count). The molecule has 30 nitrogen and oxygen atoms in total. The summed E-state index contributed by atoms with van der Waals surface area (Å²) in [6.45, 7) is 8.81. The van der Waals surface area contributed by atoms with Gasteiger partial charge in [0.25, 0.3) is 40.5 Å². The Morgan fingerprint density at radius 3 is 1.12 bits per heavy atom. The van der Waals surface area contributed by atoms with E-state index in [2.05, 4.69) is 69.9 Å². The average Bonchev–Trinajstić information content (AvgIpc) is 3.35. The zero-order valence-corrected chi connectivity index (χ0v) is 44.4. The fourth-order valence-corrected chi connectivity index (χ4v) is 9.94. The first-order valence-corrected chi connectivity index (χ1v) is 28.7. The minimum Gasteiger partial charge on any atom is -0.341 e. The first-order valence-electron chi connectivity index (χ1n) is 21.4. The van der Waals surface area contributed by atoms with Gasteiger partial charge in [-0.05, 0) is 99.5 Å². The molecule has 0 aliphatic carbocycles. The Morgan fingerprint density at radius 1 is 0.474 bits per heavy atom. The standard InChI is InChI=1S/C40H44N12O18S6/c1-5-51(6-2)39-47-35(45-37(49-39)43-29-21-27(73(55,56)57)15-17-31(29)71-69-67-53)41-25-13-11-23(33(19-25)75(61,62)63)9-10-24-12-14-26(20-34(24)76(64,65)66)42-36-46-38(50-40(48-36)52(7-3)8-4)44-30-22-28(74(58,59)60)16-18-32(30)72-70-68-54/h9-22,53-54H,5-8H2,1-4H3,(H,55,56,57)(H,58,59,60)(H,61,62,63)(H,64,65,66)(H2,41,43,45,47,49)(H2,42,44,46,48,50). The monoisotopic (exact) mass is 1170 g/mol. The lowest BCUT2D eigenvalue weighted by Gasteiger charge is -2.20. The van der Waals surface area contributed by atoms with Gasteiger partial charge >= 0.3 is 0 Å². The number of anilines is 10. The van der Waals surface area contributed by atoms with E-state index in [4.69, 9.17) is 10.5 Å². The van der Waals surface area contributed by atoms with E-state index in [0.29, 0.717) is 50.3 Å². The van der Waals surface area contributed by atoms with Crippen molar-refractivity contribution in [2.75, 3.05) is 57.2 Å². The molecule has 10 N–H and O–H groups in total. The zero-order chi connectivity index (χ0) is 55.6. The van der Waals surface area contributed by atoms with Crippen LogP contribution in [0.25, 0.3) is 12.2 Å². The van der Waals surface area contributed by atoms with Gasteiger partial charge in [0.2, 0.25) is 35.7 Å². The smallest absolute Gasteiger partial charge is 0.295 e. The van der Waals surface area contributed by atoms with Gasteiger partial charge in [-0.2, -0.15) is 63.6 Å². The molecule has 0 fully saturated rings. The highest BCUT2D eigenvalue weighted by Gasteiger charge is 2.22. The summed E-state index contributed by atoms with van der Waals surface area (Å²) in [7, 11) is -19.5. The highest BCUT2D eigenvalue weighted by Crippen LogP contribution is 2.35. The normalized spacial score (nSPS) is 12.2. The Labute approximate surface area is 442 Å². The van der Waals surface area contributed by atoms with E-state index < -0.39 is 60.1 Å². The van der Waals surface area contributed by atoms with Gasteiger partial charge in [0.05, 0.1) is 55.0 Å². The van der Waals surface area contributed by atoms with E-state index in [-0.39, 0.29) is 79.4 Å². The summed E-state index contributed by atoms with van der Waals surface area (Å²) in [5, 5.41) is 36.0. The second-order valence-corrected chi connectivity index (χ2v) is 22.0. The van der Waals surface area contributed by atoms with Gasteiger partial charge < -0.3 is 31.1 Å². The van der Waals surface area contributed by atoms with Crippen LogP contribution in [-0.2, 0) is 59.2 Å². The fraction of sp³-hybridized carbons (Fsp3) is 0.200. The molecule has 2 heterocycles. The zero-order valence-electron chi connectivity index (χ0n) is 39.5. The third kappa shape index (κ3) is 15.6. The van der Waals surface area contributed by atoms with Crippen molar-refractivity contribution in [3.8, 4) is 0 Å². The van der Waals surface area contributed by atoms with E-state index >= 15 is 0 Å². The molecule has 0 unspecified atom stereocenters. The molecular formula is C40H44N12O18S6. The van der Waals surface area contributed by atoms with Gasteiger partial charge in [-0.15, -0.1) is 8.67 Å². The van der Waals surface area contributed by atoms with Gasteiger partial charge in [0.15, 0.2) is 0 Å². The van der Waals surface area contributed by atoms with Crippen LogP contribution >= 0.6 is 24.1 Å². The summed E-state index contributed by atoms with van der Waals surface area (Å²) in [5.74, 6) is -0.634. The number of nitrogens with one attached hydrogen (secondary N) is 4. The molecule has 36 heteroatoms. The quantitative estimate of drug-likeness (QED) is 0.00883. The average molecular weight is 1170 g/mol. The molecule has 0 radical (unpaired) electrons. The van der Waals surface area contributed by atoms with Crippen molar-refractivity contribution in [2.24, 2.45) is 0 Å². The molecule has 0 amide bonds. The van der Waals surface area contributed by atoms with Crippen molar-refractivity contribution in [1.29, 1.82) is 0 Å². The maximum absolute atomic E-state index is 12.9. The Kier molecular flexibility index (Phi) is 19.4. The van der Waals surface area contributed by atoms with Crippen molar-refractivity contribution in [3.63, 3.8) is 0 Å². The number of benzene rings is 4. The second kappa shape index (κ2) is 25.1. The van der Waals surface area contributed by atoms with Crippen LogP contribution in [-0.4, -0.2) is 118 Å². The van der Waals surface area contributed by atoms with Crippen LogP contribution in [0.3, 0.4) is 0 Å². The Morgan fingerprint density at radius 2 is 0.816 bits per heavy atom. The second-order valence-electron chi connectivity index (χ2n) is 14.9. The topological polar surface area (TPSA) is 427 Å². The van der Waals surface area contributed by atoms with E-state index in [0.717, 1.165) is 48.6 Å². The molecule has 0 atom stereocenters. The first kappa shape index (κ1) is 58.8. The summed E-state index contributed by atoms with van der Waals surface area (Å²) in [5.41, 5.74) is -0.430. The fourth-order valence-electron chi connectivity index (χ4n) is 6.66. The minimum absolute atomic E-state index is 0.00306. The Balaban J connectivity index is 1.33. The maximum Gasteiger partial charge on any atom is 0.295 e. The van der Waals surface area contributed by atoms with Crippen molar-refractivity contribution in [1.82, 2.24) is 29.9 Å². The van der Waals surface area contributed by atoms with E-state index in [9.17, 15) is 51.9 Å². The van der Waals surface area contributed by atoms with Gasteiger partial charge in [-0.1, -0.05) is 34.4 Å². The maximum atomic E-state index is 12.9. The molecular weight excluding hydrogens is 1130 g/mol. The van der Waals surface area contributed by atoms with Crippen molar-refractivity contribution >= 4 is 135 Å². The SMILES string of the molecule is CCN(CC)c1nc(Nc2ccc(C=Cc3ccc(Nc4nc(Nc5cc(S(=O)(=O)O)ccc5SOOO)nc(N(CC)CC)n4)cc3S(=O)(=O)O)c(S(=O)(=O)O)c2)nc(Nc2cc(S(=O)(=O)O)ccc2SOOO)n1. The van der Waals surface area contributed by atoms with Crippen LogP contribution in [0, 0.1) is 0 Å². The van der Waals surface area contributed by atoms with Gasteiger partial charge in [-0.3, -0.25) is 18.2 Å². The Bertz CT molecular complexity index is 3350. The molecule has 2 aromatic heterocycles. The number of hydrogen-bond acceptors (Lipinski definition) is 28. The predicted octanol–water partition coefficient (Wildman–Crippen LogP) is 6.74. The van der Waals surface area contributed by atoms with Crippen LogP contribution in [0.4, 0.5) is 58.4 Å². The largest absolute Gasteiger partial charge is 0.341 e. The molecule has 0 aliphatic heterocycles. The number of aromatic nitrogens is 6. The third-order valence-corrected chi connectivity index (χ3v) is 15.0. The number of nitrogens with zero attached hydrogens (tertiary/aromatic N) is 8. The lowest BCUT2D eigenvalue weighted by molar-refractivity contribution is -0.432. The summed E-state index contributed by atoms with van der Waals surface area (Å²) < 4.78 is 148. The van der Waals surface area contributed by atoms with Gasteiger partial charge in [-0.25, -0.2) is 10.5 Å². The van der Waals surface area contributed by atoms with E-state index in [1.165, 1.54) is 36.4 Å². The van der Waals surface area contributed by atoms with Crippen LogP contribution < -0.4 is 31.1 Å². The molecule has 76 heavy (non-hydrogen) atoms. The van der Waals surface area contributed by atoms with Crippen LogP contribution in [0.15, 0.2) is 102 Å². The first-order chi connectivity index (χ1) is 35.9. The van der Waals surface area contributed by atoms with Crippen LogP contribution in [0.2, 0.25) is 0 Å². The van der Waals surface area contributed by atoms with Gasteiger partial charge in [0.1, 0.15) is 9.79 Å². The van der Waals surface area contributed by atoms with Crippen molar-refractivity contribution in [3.05, 3.63) is 83.9 Å². The van der Waals surface area contributed by atoms with Crippen LogP contribution in [0.5, 0.6) is 0 Å². The minimum atomic E-state index is -5.04. The third-order valence-electron chi connectivity index (χ3n) is 10.2. The predicted molar refractivity (Wildman–Crippen MR) is 275 cm³/mol. The lowest BCUT2D eigenvalue weighted by atomic mass is 10.1. The molecule has 0 saturated carbocycles. The molecule has 4 aromatic carbocycles. The highest BCUT2D eigenvalue weighted by atomic mass is 32.2. The molecule has 0 saturated heterocycles. The van der Waals surface area contributed by atoms with E-state index in [1.54, 1.807) is 9.80 Å².